The molecule has 0 radical (unpaired) electrons. The molecule has 3 aromatic rings. The molecule has 0 amide bonds. The maximum atomic E-state index is 13.2. The van der Waals surface area contributed by atoms with Crippen LogP contribution in [0.15, 0.2) is 51.9 Å². The van der Waals surface area contributed by atoms with Crippen LogP contribution in [0.3, 0.4) is 0 Å². The van der Waals surface area contributed by atoms with E-state index in [1.54, 1.807) is 6.92 Å². The van der Waals surface area contributed by atoms with Crippen molar-refractivity contribution in [2.75, 3.05) is 6.54 Å². The Morgan fingerprint density at radius 3 is 2.26 bits per heavy atom. The van der Waals surface area contributed by atoms with Crippen molar-refractivity contribution in [3.05, 3.63) is 65.0 Å². The molecule has 6 nitrogen and oxygen atoms in total. The highest BCUT2D eigenvalue weighted by Gasteiger charge is 2.28. The van der Waals surface area contributed by atoms with Crippen LogP contribution in [0.5, 0.6) is 0 Å². The second-order valence-electron chi connectivity index (χ2n) is 6.54. The topological polar surface area (TPSA) is 76.3 Å². The molecule has 0 spiro atoms. The van der Waals surface area contributed by atoms with Gasteiger partial charge in [-0.25, -0.2) is 8.42 Å². The minimum absolute atomic E-state index is 0.0332. The van der Waals surface area contributed by atoms with Gasteiger partial charge in [0.15, 0.2) is 0 Å². The quantitative estimate of drug-likeness (QED) is 0.644. The van der Waals surface area contributed by atoms with Crippen molar-refractivity contribution in [3.63, 3.8) is 0 Å². The summed E-state index contributed by atoms with van der Waals surface area (Å²) in [6.45, 7) is 7.73. The zero-order chi connectivity index (χ0) is 19.6. The van der Waals surface area contributed by atoms with Crippen LogP contribution in [0.4, 0.5) is 0 Å². The fraction of sp³-hybridized carbons (Fsp3) is 0.300. The summed E-state index contributed by atoms with van der Waals surface area (Å²) in [7, 11) is -3.68. The molecule has 3 rings (SSSR count). The highest BCUT2D eigenvalue weighted by molar-refractivity contribution is 7.89. The number of aromatic nitrogens is 2. The second-order valence-corrected chi connectivity index (χ2v) is 8.41. The lowest BCUT2D eigenvalue weighted by molar-refractivity contribution is 0.321. The van der Waals surface area contributed by atoms with Gasteiger partial charge >= 0.3 is 0 Å². The maximum absolute atomic E-state index is 13.2. The molecule has 0 saturated heterocycles. The molecule has 0 fully saturated rings. The van der Waals surface area contributed by atoms with Crippen molar-refractivity contribution in [2.45, 2.75) is 39.1 Å². The minimum atomic E-state index is -3.68. The van der Waals surface area contributed by atoms with Gasteiger partial charge in [-0.15, -0.1) is 0 Å². The fourth-order valence-electron chi connectivity index (χ4n) is 3.24. The molecule has 142 valence electrons. The Labute approximate surface area is 159 Å². The van der Waals surface area contributed by atoms with Gasteiger partial charge in [0.25, 0.3) is 0 Å². The summed E-state index contributed by atoms with van der Waals surface area (Å²) < 4.78 is 33.1. The summed E-state index contributed by atoms with van der Waals surface area (Å²) in [6, 6.07) is 13.2. The van der Waals surface area contributed by atoms with E-state index in [-0.39, 0.29) is 12.4 Å². The highest BCUT2D eigenvalue weighted by atomic mass is 32.2. The monoisotopic (exact) mass is 385 g/mol. The first kappa shape index (κ1) is 19.3. The summed E-state index contributed by atoms with van der Waals surface area (Å²) >= 11 is 0. The molecule has 0 atom stereocenters. The van der Waals surface area contributed by atoms with Gasteiger partial charge in [0.2, 0.25) is 21.7 Å². The Hall–Kier alpha value is -2.51. The van der Waals surface area contributed by atoms with Gasteiger partial charge in [-0.3, -0.25) is 0 Å². The largest absolute Gasteiger partial charge is 0.338 e. The van der Waals surface area contributed by atoms with Gasteiger partial charge in [0.1, 0.15) is 0 Å². The number of rotatable bonds is 6. The van der Waals surface area contributed by atoms with Gasteiger partial charge in [-0.1, -0.05) is 60.1 Å². The lowest BCUT2D eigenvalue weighted by atomic mass is 10.1. The average Bonchev–Trinajstić information content (AvgIpc) is 3.07. The van der Waals surface area contributed by atoms with Crippen molar-refractivity contribution >= 4 is 10.0 Å². The third kappa shape index (κ3) is 3.94. The lowest BCUT2D eigenvalue weighted by Crippen LogP contribution is -2.31. The zero-order valence-electron chi connectivity index (χ0n) is 15.9. The van der Waals surface area contributed by atoms with Crippen molar-refractivity contribution in [1.29, 1.82) is 0 Å². The van der Waals surface area contributed by atoms with Gasteiger partial charge in [-0.05, 0) is 31.9 Å². The third-order valence-electron chi connectivity index (χ3n) is 4.37. The van der Waals surface area contributed by atoms with Gasteiger partial charge < -0.3 is 4.52 Å². The first-order valence-corrected chi connectivity index (χ1v) is 10.2. The van der Waals surface area contributed by atoms with E-state index in [0.29, 0.717) is 17.3 Å². The fourth-order valence-corrected chi connectivity index (χ4v) is 5.05. The first-order valence-electron chi connectivity index (χ1n) is 8.79. The Balaban J connectivity index is 1.91. The van der Waals surface area contributed by atoms with Crippen LogP contribution in [0.1, 0.15) is 29.5 Å². The van der Waals surface area contributed by atoms with Crippen molar-refractivity contribution in [3.8, 4) is 11.4 Å². The van der Waals surface area contributed by atoms with E-state index < -0.39 is 10.0 Å². The Morgan fingerprint density at radius 2 is 1.67 bits per heavy atom. The summed E-state index contributed by atoms with van der Waals surface area (Å²) in [4.78, 5) is 4.70. The maximum Gasteiger partial charge on any atom is 0.244 e. The Morgan fingerprint density at radius 1 is 1.04 bits per heavy atom. The normalized spacial score (nSPS) is 11.9. The molecule has 0 bridgehead atoms. The molecular formula is C20H23N3O3S. The molecule has 7 heteroatoms. The molecule has 0 unspecified atom stereocenters. The number of hydrogen-bond acceptors (Lipinski definition) is 5. The summed E-state index contributed by atoms with van der Waals surface area (Å²) in [5.41, 5.74) is 3.34. The van der Waals surface area contributed by atoms with E-state index in [1.165, 1.54) is 4.31 Å². The average molecular weight is 385 g/mol. The smallest absolute Gasteiger partial charge is 0.244 e. The Bertz CT molecular complexity index is 1020. The summed E-state index contributed by atoms with van der Waals surface area (Å²) in [5.74, 6) is 0.712. The van der Waals surface area contributed by atoms with Crippen molar-refractivity contribution < 1.29 is 12.9 Å². The number of aryl methyl sites for hydroxylation is 3. The van der Waals surface area contributed by atoms with Crippen LogP contribution in [0.25, 0.3) is 11.4 Å². The van der Waals surface area contributed by atoms with Crippen LogP contribution in [-0.4, -0.2) is 29.4 Å². The predicted molar refractivity (Wildman–Crippen MR) is 104 cm³/mol. The molecule has 1 aromatic heterocycles. The predicted octanol–water partition coefficient (Wildman–Crippen LogP) is 3.87. The number of nitrogens with zero attached hydrogens (tertiary/aromatic N) is 3. The van der Waals surface area contributed by atoms with E-state index in [1.807, 2.05) is 63.2 Å². The first-order chi connectivity index (χ1) is 12.8. The number of sulfonamides is 1. The van der Waals surface area contributed by atoms with Gasteiger partial charge in [0, 0.05) is 12.1 Å². The van der Waals surface area contributed by atoms with E-state index >= 15 is 0 Å². The minimum Gasteiger partial charge on any atom is -0.338 e. The second kappa shape index (κ2) is 7.62. The zero-order valence-corrected chi connectivity index (χ0v) is 16.7. The Kier molecular flexibility index (Phi) is 5.43. The van der Waals surface area contributed by atoms with Gasteiger partial charge in [-0.2, -0.15) is 9.29 Å². The lowest BCUT2D eigenvalue weighted by Gasteiger charge is -2.21. The van der Waals surface area contributed by atoms with E-state index in [2.05, 4.69) is 10.1 Å². The van der Waals surface area contributed by atoms with Crippen LogP contribution >= 0.6 is 0 Å². The van der Waals surface area contributed by atoms with E-state index in [9.17, 15) is 8.42 Å². The SMILES string of the molecule is CCN(Cc1nc(-c2ccccc2)no1)S(=O)(=O)c1c(C)cc(C)cc1C. The molecule has 2 aromatic carbocycles. The van der Waals surface area contributed by atoms with E-state index in [4.69, 9.17) is 4.52 Å². The summed E-state index contributed by atoms with van der Waals surface area (Å²) in [5, 5.41) is 3.97. The molecule has 1 heterocycles. The molecule has 0 N–H and O–H groups in total. The van der Waals surface area contributed by atoms with Crippen LogP contribution < -0.4 is 0 Å². The van der Waals surface area contributed by atoms with Crippen LogP contribution in [0.2, 0.25) is 0 Å². The van der Waals surface area contributed by atoms with Crippen molar-refractivity contribution in [2.24, 2.45) is 0 Å². The summed E-state index contributed by atoms with van der Waals surface area (Å²) in [6.07, 6.45) is 0. The molecule has 27 heavy (non-hydrogen) atoms. The molecule has 0 aliphatic rings. The molecule has 0 aliphatic heterocycles. The third-order valence-corrected chi connectivity index (χ3v) is 6.59. The molecule has 0 saturated carbocycles. The van der Waals surface area contributed by atoms with Gasteiger partial charge in [0.05, 0.1) is 11.4 Å². The molecule has 0 aliphatic carbocycles. The number of hydrogen-bond donors (Lipinski definition) is 0. The number of benzene rings is 2. The highest BCUT2D eigenvalue weighted by Crippen LogP contribution is 2.26. The standard InChI is InChI=1S/C20H23N3O3S/c1-5-23(27(24,25)19-15(3)11-14(2)12-16(19)4)13-18-21-20(22-26-18)17-9-7-6-8-10-17/h6-12H,5,13H2,1-4H3. The van der Waals surface area contributed by atoms with Crippen molar-refractivity contribution in [1.82, 2.24) is 14.4 Å². The van der Waals surface area contributed by atoms with E-state index in [0.717, 1.165) is 22.3 Å². The molecular weight excluding hydrogens is 362 g/mol. The van der Waals surface area contributed by atoms with Crippen LogP contribution in [0, 0.1) is 20.8 Å². The van der Waals surface area contributed by atoms with Crippen LogP contribution in [-0.2, 0) is 16.6 Å².